The minimum atomic E-state index is -1.04. The lowest BCUT2D eigenvalue weighted by molar-refractivity contribution is 0.459. The highest BCUT2D eigenvalue weighted by molar-refractivity contribution is 8.28. The average Bonchev–Trinajstić information content (AvgIpc) is 1.67. The Balaban J connectivity index is 3.37. The van der Waals surface area contributed by atoms with E-state index in [4.69, 9.17) is 4.18 Å². The van der Waals surface area contributed by atoms with Crippen LogP contribution in [0.25, 0.3) is 0 Å². The number of hydrogen-bond acceptors (Lipinski definition) is 1. The molecule has 0 saturated heterocycles. The van der Waals surface area contributed by atoms with Crippen LogP contribution in [0.4, 0.5) is 4.39 Å². The minimum Gasteiger partial charge on any atom is -0.340 e. The molecule has 52 valence electrons. The predicted molar refractivity (Wildman–Crippen MR) is 37.3 cm³/mol. The Morgan fingerprint density at radius 2 is 2.00 bits per heavy atom. The zero-order valence-electron chi connectivity index (χ0n) is 5.61. The SMILES string of the molecule is COS(C)(C)CCF. The first-order valence-electron chi connectivity index (χ1n) is 2.45. The van der Waals surface area contributed by atoms with Crippen molar-refractivity contribution in [3.8, 4) is 0 Å². The third-order valence-electron chi connectivity index (χ3n) is 1.02. The first-order valence-corrected chi connectivity index (χ1v) is 4.99. The summed E-state index contributed by atoms with van der Waals surface area (Å²) in [4.78, 5) is 0. The first kappa shape index (κ1) is 8.24. The van der Waals surface area contributed by atoms with Crippen molar-refractivity contribution in [3.63, 3.8) is 0 Å². The summed E-state index contributed by atoms with van der Waals surface area (Å²) in [6.45, 7) is -0.268. The molecule has 0 bridgehead atoms. The molecule has 0 heterocycles. The zero-order valence-corrected chi connectivity index (χ0v) is 6.43. The molecular formula is C5H13FOS. The van der Waals surface area contributed by atoms with Crippen LogP contribution in [0.1, 0.15) is 0 Å². The van der Waals surface area contributed by atoms with E-state index in [2.05, 4.69) is 0 Å². The molecule has 0 aliphatic rings. The van der Waals surface area contributed by atoms with Gasteiger partial charge in [0.05, 0.1) is 6.67 Å². The zero-order chi connectivity index (χ0) is 6.62. The molecule has 8 heavy (non-hydrogen) atoms. The number of alkyl halides is 1. The van der Waals surface area contributed by atoms with E-state index < -0.39 is 10.3 Å². The molecule has 0 aromatic heterocycles. The van der Waals surface area contributed by atoms with Crippen molar-refractivity contribution >= 4 is 10.3 Å². The molecule has 0 radical (unpaired) electrons. The first-order chi connectivity index (χ1) is 3.62. The molecule has 0 aliphatic carbocycles. The summed E-state index contributed by atoms with van der Waals surface area (Å²) >= 11 is 0. The fourth-order valence-electron chi connectivity index (χ4n) is 0.269. The second-order valence-corrected chi connectivity index (χ2v) is 5.61. The molecule has 0 saturated carbocycles. The summed E-state index contributed by atoms with van der Waals surface area (Å²) in [5, 5.41) is 0. The Hall–Kier alpha value is 0.240. The Bertz CT molecular complexity index is 65.4. The standard InChI is InChI=1S/C5H13FOS/c1-7-8(2,3)5-4-6/h4-5H2,1-3H3. The molecule has 0 aliphatic heterocycles. The van der Waals surface area contributed by atoms with Crippen LogP contribution in [-0.2, 0) is 4.18 Å². The highest BCUT2D eigenvalue weighted by Gasteiger charge is 2.07. The molecular weight excluding hydrogens is 127 g/mol. The molecule has 1 nitrogen and oxygen atoms in total. The lowest BCUT2D eigenvalue weighted by atomic mass is 10.9. The van der Waals surface area contributed by atoms with Gasteiger partial charge in [-0.25, -0.2) is 0 Å². The number of halogens is 1. The van der Waals surface area contributed by atoms with Gasteiger partial charge in [0.25, 0.3) is 0 Å². The lowest BCUT2D eigenvalue weighted by Gasteiger charge is -2.26. The molecule has 0 aromatic rings. The maximum Gasteiger partial charge on any atom is 0.0989 e. The molecule has 0 spiro atoms. The van der Waals surface area contributed by atoms with E-state index in [1.165, 1.54) is 0 Å². The van der Waals surface area contributed by atoms with Crippen LogP contribution < -0.4 is 0 Å². The Kier molecular flexibility index (Phi) is 3.40. The van der Waals surface area contributed by atoms with Gasteiger partial charge in [0.1, 0.15) is 0 Å². The molecule has 0 rings (SSSR count). The average molecular weight is 140 g/mol. The van der Waals surface area contributed by atoms with Crippen LogP contribution in [0.2, 0.25) is 0 Å². The van der Waals surface area contributed by atoms with Crippen LogP contribution in [-0.4, -0.2) is 32.0 Å². The summed E-state index contributed by atoms with van der Waals surface area (Å²) in [6.07, 6.45) is 3.90. The van der Waals surface area contributed by atoms with Gasteiger partial charge in [-0.05, 0) is 12.5 Å². The summed E-state index contributed by atoms with van der Waals surface area (Å²) in [7, 11) is 0.585. The van der Waals surface area contributed by atoms with Gasteiger partial charge in [0.2, 0.25) is 0 Å². The van der Waals surface area contributed by atoms with Gasteiger partial charge in [0, 0.05) is 12.9 Å². The highest BCUT2D eigenvalue weighted by Crippen LogP contribution is 2.38. The van der Waals surface area contributed by atoms with Gasteiger partial charge < -0.3 is 4.18 Å². The van der Waals surface area contributed by atoms with Crippen LogP contribution in [0, 0.1) is 0 Å². The molecule has 3 heteroatoms. The van der Waals surface area contributed by atoms with E-state index in [-0.39, 0.29) is 6.67 Å². The third kappa shape index (κ3) is 3.27. The van der Waals surface area contributed by atoms with Gasteiger partial charge in [-0.2, -0.15) is 0 Å². The van der Waals surface area contributed by atoms with Crippen LogP contribution in [0.15, 0.2) is 0 Å². The van der Waals surface area contributed by atoms with Crippen LogP contribution >= 0.6 is 10.3 Å². The number of hydrogen-bond donors (Lipinski definition) is 0. The van der Waals surface area contributed by atoms with Gasteiger partial charge in [0.15, 0.2) is 0 Å². The minimum absolute atomic E-state index is 0.268. The monoisotopic (exact) mass is 140 g/mol. The van der Waals surface area contributed by atoms with Gasteiger partial charge in [-0.3, -0.25) is 4.39 Å². The van der Waals surface area contributed by atoms with Crippen molar-refractivity contribution in [2.45, 2.75) is 0 Å². The topological polar surface area (TPSA) is 9.23 Å². The van der Waals surface area contributed by atoms with E-state index in [9.17, 15) is 4.39 Å². The van der Waals surface area contributed by atoms with E-state index in [0.29, 0.717) is 5.75 Å². The molecule has 0 N–H and O–H groups in total. The second kappa shape index (κ2) is 3.30. The van der Waals surface area contributed by atoms with Crippen molar-refractivity contribution in [1.82, 2.24) is 0 Å². The summed E-state index contributed by atoms with van der Waals surface area (Å²) < 4.78 is 16.6. The Labute approximate surface area is 51.7 Å². The van der Waals surface area contributed by atoms with Gasteiger partial charge in [-0.15, -0.1) is 10.3 Å². The van der Waals surface area contributed by atoms with Crippen LogP contribution in [0.3, 0.4) is 0 Å². The lowest BCUT2D eigenvalue weighted by Crippen LogP contribution is -2.03. The van der Waals surface area contributed by atoms with Gasteiger partial charge in [-0.1, -0.05) is 0 Å². The van der Waals surface area contributed by atoms with Crippen molar-refractivity contribution in [1.29, 1.82) is 0 Å². The van der Waals surface area contributed by atoms with Gasteiger partial charge >= 0.3 is 0 Å². The Morgan fingerprint density at radius 1 is 1.50 bits per heavy atom. The maximum absolute atomic E-state index is 11.6. The fourth-order valence-corrected chi connectivity index (χ4v) is 0.807. The molecule has 0 aromatic carbocycles. The third-order valence-corrected chi connectivity index (χ3v) is 3.06. The molecule has 0 amide bonds. The molecule has 0 atom stereocenters. The highest BCUT2D eigenvalue weighted by atomic mass is 32.3. The molecule has 0 fully saturated rings. The van der Waals surface area contributed by atoms with Crippen LogP contribution in [0.5, 0.6) is 0 Å². The summed E-state index contributed by atoms with van der Waals surface area (Å²) in [5.41, 5.74) is 0. The summed E-state index contributed by atoms with van der Waals surface area (Å²) in [6, 6.07) is 0. The van der Waals surface area contributed by atoms with Crippen molar-refractivity contribution in [2.75, 3.05) is 32.0 Å². The second-order valence-electron chi connectivity index (χ2n) is 2.00. The largest absolute Gasteiger partial charge is 0.340 e. The van der Waals surface area contributed by atoms with E-state index in [1.54, 1.807) is 7.11 Å². The maximum atomic E-state index is 11.6. The smallest absolute Gasteiger partial charge is 0.0989 e. The Morgan fingerprint density at radius 3 is 2.12 bits per heavy atom. The van der Waals surface area contributed by atoms with Crippen molar-refractivity contribution < 1.29 is 8.57 Å². The van der Waals surface area contributed by atoms with E-state index >= 15 is 0 Å². The fraction of sp³-hybridized carbons (Fsp3) is 1.00. The quantitative estimate of drug-likeness (QED) is 0.578. The predicted octanol–water partition coefficient (Wildman–Crippen LogP) is 1.58. The molecule has 0 unspecified atom stereocenters. The number of rotatable bonds is 3. The van der Waals surface area contributed by atoms with E-state index in [1.807, 2.05) is 12.5 Å². The van der Waals surface area contributed by atoms with Crippen molar-refractivity contribution in [3.05, 3.63) is 0 Å². The van der Waals surface area contributed by atoms with E-state index in [0.717, 1.165) is 0 Å². The summed E-state index contributed by atoms with van der Waals surface area (Å²) in [5.74, 6) is 0.559. The van der Waals surface area contributed by atoms with Crippen molar-refractivity contribution in [2.24, 2.45) is 0 Å². The normalized spacial score (nSPS) is 14.0.